The Morgan fingerprint density at radius 3 is 2.09 bits per heavy atom. The van der Waals surface area contributed by atoms with Gasteiger partial charge in [-0.05, 0) is 6.42 Å². The zero-order chi connectivity index (χ0) is 16.6. The van der Waals surface area contributed by atoms with E-state index in [0.29, 0.717) is 13.0 Å². The molecule has 0 saturated heterocycles. The molecule has 0 aliphatic heterocycles. The second kappa shape index (κ2) is 9.49. The van der Waals surface area contributed by atoms with Crippen molar-refractivity contribution in [2.75, 3.05) is 49.7 Å². The lowest BCUT2D eigenvalue weighted by Crippen LogP contribution is -2.32. The molecule has 1 aromatic heterocycles. The third-order valence-electron chi connectivity index (χ3n) is 2.52. The van der Waals surface area contributed by atoms with Gasteiger partial charge in [0.2, 0.25) is 15.7 Å². The molecule has 0 atom stereocenters. The van der Waals surface area contributed by atoms with Crippen molar-refractivity contribution in [3.05, 3.63) is 5.82 Å². The van der Waals surface area contributed by atoms with E-state index in [0.717, 1.165) is 0 Å². The summed E-state index contributed by atoms with van der Waals surface area (Å²) in [5.41, 5.74) is 0. The lowest BCUT2D eigenvalue weighted by atomic mass is 10.4. The first-order chi connectivity index (χ1) is 10.4. The second-order valence-corrected chi connectivity index (χ2v) is 6.50. The largest absolute Gasteiger partial charge is 0.396 e. The number of nitrogens with zero attached hydrogens (tertiary/aromatic N) is 4. The van der Waals surface area contributed by atoms with E-state index in [1.54, 1.807) is 4.90 Å². The SMILES string of the molecule is OCCCNc1nc(N(CCO)CCO)nc(C(Cl)(Cl)Cl)n1. The summed E-state index contributed by atoms with van der Waals surface area (Å²) in [5, 5.41) is 29.8. The molecule has 0 aromatic carbocycles. The molecule has 0 amide bonds. The monoisotopic (exact) mass is 373 g/mol. The number of aliphatic hydroxyl groups excluding tert-OH is 3. The van der Waals surface area contributed by atoms with Crippen LogP contribution in [0, 0.1) is 0 Å². The maximum atomic E-state index is 9.08. The number of rotatable bonds is 9. The topological polar surface area (TPSA) is 115 Å². The standard InChI is InChI=1S/C11H18Cl3N5O3/c12-11(13,14)8-16-9(15-2-1-5-20)18-10(17-8)19(3-6-21)4-7-22/h20-22H,1-7H2,(H,15,16,17,18). The van der Waals surface area contributed by atoms with Crippen molar-refractivity contribution in [2.45, 2.75) is 10.2 Å². The van der Waals surface area contributed by atoms with Crippen LogP contribution in [0.4, 0.5) is 11.9 Å². The number of aromatic nitrogens is 3. The lowest BCUT2D eigenvalue weighted by Gasteiger charge is -2.22. The van der Waals surface area contributed by atoms with Gasteiger partial charge in [0, 0.05) is 26.2 Å². The van der Waals surface area contributed by atoms with E-state index in [2.05, 4.69) is 20.3 Å². The van der Waals surface area contributed by atoms with Gasteiger partial charge < -0.3 is 25.5 Å². The summed E-state index contributed by atoms with van der Waals surface area (Å²) in [5.74, 6) is 0.279. The smallest absolute Gasteiger partial charge is 0.250 e. The Labute approximate surface area is 143 Å². The molecular weight excluding hydrogens is 357 g/mol. The molecule has 0 aliphatic rings. The van der Waals surface area contributed by atoms with Crippen molar-refractivity contribution >= 4 is 46.7 Å². The predicted molar refractivity (Wildman–Crippen MR) is 85.6 cm³/mol. The van der Waals surface area contributed by atoms with Gasteiger partial charge in [0.15, 0.2) is 5.82 Å². The van der Waals surface area contributed by atoms with Crippen molar-refractivity contribution in [1.82, 2.24) is 15.0 Å². The zero-order valence-corrected chi connectivity index (χ0v) is 14.0. The van der Waals surface area contributed by atoms with E-state index in [1.165, 1.54) is 0 Å². The Hall–Kier alpha value is -0.640. The second-order valence-electron chi connectivity index (χ2n) is 4.22. The van der Waals surface area contributed by atoms with Gasteiger partial charge in [0.1, 0.15) is 0 Å². The molecule has 0 aliphatic carbocycles. The highest BCUT2D eigenvalue weighted by atomic mass is 35.6. The van der Waals surface area contributed by atoms with E-state index in [-0.39, 0.29) is 50.6 Å². The highest BCUT2D eigenvalue weighted by molar-refractivity contribution is 6.66. The molecule has 0 spiro atoms. The highest BCUT2D eigenvalue weighted by Gasteiger charge is 2.29. The average molecular weight is 375 g/mol. The Morgan fingerprint density at radius 1 is 0.955 bits per heavy atom. The van der Waals surface area contributed by atoms with Crippen molar-refractivity contribution in [1.29, 1.82) is 0 Å². The van der Waals surface area contributed by atoms with Gasteiger partial charge in [0.25, 0.3) is 0 Å². The maximum absolute atomic E-state index is 9.08. The van der Waals surface area contributed by atoms with Crippen molar-refractivity contribution in [3.8, 4) is 0 Å². The van der Waals surface area contributed by atoms with E-state index in [4.69, 9.17) is 50.1 Å². The molecule has 4 N–H and O–H groups in total. The number of hydrogen-bond donors (Lipinski definition) is 4. The number of halogens is 3. The Morgan fingerprint density at radius 2 is 1.59 bits per heavy atom. The van der Waals surface area contributed by atoms with Gasteiger partial charge in [-0.15, -0.1) is 0 Å². The molecule has 0 fully saturated rings. The van der Waals surface area contributed by atoms with Crippen LogP contribution in [0.1, 0.15) is 12.2 Å². The number of alkyl halides is 3. The van der Waals surface area contributed by atoms with Gasteiger partial charge in [-0.3, -0.25) is 0 Å². The Bertz CT molecular complexity index is 455. The van der Waals surface area contributed by atoms with E-state index in [9.17, 15) is 0 Å². The molecule has 0 unspecified atom stereocenters. The number of anilines is 2. The minimum atomic E-state index is -1.84. The molecule has 22 heavy (non-hydrogen) atoms. The van der Waals surface area contributed by atoms with Crippen LogP contribution in [-0.4, -0.2) is 69.7 Å². The summed E-state index contributed by atoms with van der Waals surface area (Å²) >= 11 is 17.4. The summed E-state index contributed by atoms with van der Waals surface area (Å²) in [4.78, 5) is 13.8. The fraction of sp³-hybridized carbons (Fsp3) is 0.727. The fourth-order valence-corrected chi connectivity index (χ4v) is 1.80. The number of hydrogen-bond acceptors (Lipinski definition) is 8. The van der Waals surface area contributed by atoms with Crippen LogP contribution in [0.3, 0.4) is 0 Å². The lowest BCUT2D eigenvalue weighted by molar-refractivity contribution is 0.280. The van der Waals surface area contributed by atoms with Gasteiger partial charge in [0.05, 0.1) is 13.2 Å². The summed E-state index contributed by atoms with van der Waals surface area (Å²) in [7, 11) is 0. The molecule has 1 rings (SSSR count). The summed E-state index contributed by atoms with van der Waals surface area (Å²) in [6.07, 6.45) is 0.501. The van der Waals surface area contributed by atoms with Crippen LogP contribution in [0.25, 0.3) is 0 Å². The summed E-state index contributed by atoms with van der Waals surface area (Å²) < 4.78 is -1.84. The van der Waals surface area contributed by atoms with Gasteiger partial charge in [-0.2, -0.15) is 15.0 Å². The van der Waals surface area contributed by atoms with Crippen LogP contribution >= 0.6 is 34.8 Å². The van der Waals surface area contributed by atoms with E-state index < -0.39 is 3.79 Å². The number of aliphatic hydroxyl groups is 3. The first-order valence-corrected chi connectivity index (χ1v) is 7.70. The minimum Gasteiger partial charge on any atom is -0.396 e. The average Bonchev–Trinajstić information content (AvgIpc) is 2.46. The molecular formula is C11H18Cl3N5O3. The molecule has 0 radical (unpaired) electrons. The quantitative estimate of drug-likeness (QED) is 0.360. The van der Waals surface area contributed by atoms with Crippen LogP contribution in [0.2, 0.25) is 0 Å². The van der Waals surface area contributed by atoms with Crippen LogP contribution < -0.4 is 10.2 Å². The first-order valence-electron chi connectivity index (χ1n) is 6.57. The third kappa shape index (κ3) is 6.23. The maximum Gasteiger partial charge on any atom is 0.250 e. The van der Waals surface area contributed by atoms with Gasteiger partial charge in [-0.25, -0.2) is 0 Å². The molecule has 11 heteroatoms. The molecule has 8 nitrogen and oxygen atoms in total. The molecule has 126 valence electrons. The van der Waals surface area contributed by atoms with E-state index in [1.807, 2.05) is 0 Å². The number of nitrogens with one attached hydrogen (secondary N) is 1. The Balaban J connectivity index is 3.09. The van der Waals surface area contributed by atoms with Crippen LogP contribution in [-0.2, 0) is 3.79 Å². The molecule has 0 saturated carbocycles. The van der Waals surface area contributed by atoms with Gasteiger partial charge in [-0.1, -0.05) is 34.8 Å². The van der Waals surface area contributed by atoms with E-state index >= 15 is 0 Å². The van der Waals surface area contributed by atoms with Crippen molar-refractivity contribution in [3.63, 3.8) is 0 Å². The third-order valence-corrected chi connectivity index (χ3v) is 3.02. The van der Waals surface area contributed by atoms with Crippen LogP contribution in [0.5, 0.6) is 0 Å². The minimum absolute atomic E-state index is 0.0173. The van der Waals surface area contributed by atoms with Gasteiger partial charge >= 0.3 is 0 Å². The van der Waals surface area contributed by atoms with Crippen LogP contribution in [0.15, 0.2) is 0 Å². The summed E-state index contributed by atoms with van der Waals surface area (Å²) in [6.45, 7) is 0.562. The first kappa shape index (κ1) is 19.4. The fourth-order valence-electron chi connectivity index (χ4n) is 1.54. The Kier molecular flexibility index (Phi) is 8.37. The predicted octanol–water partition coefficient (Wildman–Crippen LogP) is 0.284. The van der Waals surface area contributed by atoms with Crippen molar-refractivity contribution < 1.29 is 15.3 Å². The summed E-state index contributed by atoms with van der Waals surface area (Å²) in [6, 6.07) is 0. The molecule has 0 bridgehead atoms. The highest BCUT2D eigenvalue weighted by Crippen LogP contribution is 2.36. The van der Waals surface area contributed by atoms with Crippen molar-refractivity contribution in [2.24, 2.45) is 0 Å². The molecule has 1 heterocycles. The molecule has 1 aromatic rings. The normalized spacial score (nSPS) is 11.5. The zero-order valence-electron chi connectivity index (χ0n) is 11.7.